The highest BCUT2D eigenvalue weighted by Gasteiger charge is 2.27. The summed E-state index contributed by atoms with van der Waals surface area (Å²) in [6, 6.07) is 14.5. The Balaban J connectivity index is 1.46. The van der Waals surface area contributed by atoms with Gasteiger partial charge in [-0.05, 0) is 31.2 Å². The molecule has 8 heteroatoms. The molecule has 1 amide bonds. The van der Waals surface area contributed by atoms with Crippen molar-refractivity contribution in [3.8, 4) is 11.6 Å². The van der Waals surface area contributed by atoms with Gasteiger partial charge in [-0.25, -0.2) is 13.8 Å². The number of carbonyl (C=O) groups is 1. The third kappa shape index (κ3) is 4.22. The summed E-state index contributed by atoms with van der Waals surface area (Å²) in [5.41, 5.74) is -0.512. The molecule has 30 heavy (non-hydrogen) atoms. The molecule has 0 radical (unpaired) electrons. The summed E-state index contributed by atoms with van der Waals surface area (Å²) in [6.07, 6.45) is 0. The van der Waals surface area contributed by atoms with E-state index in [1.807, 2.05) is 35.2 Å². The molecule has 3 aromatic rings. The zero-order valence-electron chi connectivity index (χ0n) is 16.4. The van der Waals surface area contributed by atoms with Crippen LogP contribution in [0.4, 0.5) is 14.6 Å². The maximum Gasteiger partial charge on any atom is 0.259 e. The fourth-order valence-electron chi connectivity index (χ4n) is 3.35. The Morgan fingerprint density at radius 3 is 2.27 bits per heavy atom. The highest BCUT2D eigenvalue weighted by molar-refractivity contribution is 5.95. The molecule has 0 unspecified atom stereocenters. The number of hydrogen-bond acceptors (Lipinski definition) is 5. The molecule has 0 atom stereocenters. The molecule has 0 bridgehead atoms. The molecule has 1 saturated heterocycles. The van der Waals surface area contributed by atoms with Gasteiger partial charge in [-0.1, -0.05) is 24.3 Å². The zero-order valence-corrected chi connectivity index (χ0v) is 16.4. The summed E-state index contributed by atoms with van der Waals surface area (Å²) in [4.78, 5) is 24.8. The number of amides is 1. The quantitative estimate of drug-likeness (QED) is 0.655. The van der Waals surface area contributed by atoms with E-state index in [-0.39, 0.29) is 0 Å². The van der Waals surface area contributed by atoms with E-state index in [0.29, 0.717) is 49.5 Å². The molecule has 4 rings (SSSR count). The second kappa shape index (κ2) is 8.44. The van der Waals surface area contributed by atoms with Crippen molar-refractivity contribution in [1.82, 2.24) is 14.9 Å². The Bertz CT molecular complexity index is 1030. The number of benzene rings is 2. The average Bonchev–Trinajstić information content (AvgIpc) is 2.74. The number of carbonyl (C=O) groups excluding carboxylic acids is 1. The van der Waals surface area contributed by atoms with Gasteiger partial charge in [0, 0.05) is 32.2 Å². The second-order valence-electron chi connectivity index (χ2n) is 6.90. The first-order chi connectivity index (χ1) is 14.5. The number of ether oxygens (including phenoxy) is 1. The number of rotatable bonds is 4. The minimum Gasteiger partial charge on any atom is -0.439 e. The lowest BCUT2D eigenvalue weighted by Crippen LogP contribution is -2.49. The number of anilines is 1. The lowest BCUT2D eigenvalue weighted by molar-refractivity contribution is 0.0736. The smallest absolute Gasteiger partial charge is 0.259 e. The summed E-state index contributed by atoms with van der Waals surface area (Å²) in [5.74, 6) is -0.00665. The van der Waals surface area contributed by atoms with Gasteiger partial charge >= 0.3 is 0 Å². The van der Waals surface area contributed by atoms with Crippen LogP contribution in [0, 0.1) is 18.6 Å². The fourth-order valence-corrected chi connectivity index (χ4v) is 3.35. The number of hydrogen-bond donors (Lipinski definition) is 0. The van der Waals surface area contributed by atoms with Gasteiger partial charge < -0.3 is 14.5 Å². The fraction of sp³-hybridized carbons (Fsp3) is 0.227. The first-order valence-corrected chi connectivity index (χ1v) is 9.58. The number of halogens is 2. The van der Waals surface area contributed by atoms with E-state index < -0.39 is 23.1 Å². The van der Waals surface area contributed by atoms with Crippen molar-refractivity contribution in [3.05, 3.63) is 77.6 Å². The highest BCUT2D eigenvalue weighted by Crippen LogP contribution is 2.24. The predicted octanol–water partition coefficient (Wildman–Crippen LogP) is 3.82. The van der Waals surface area contributed by atoms with Gasteiger partial charge in [-0.15, -0.1) is 0 Å². The first-order valence-electron chi connectivity index (χ1n) is 9.58. The summed E-state index contributed by atoms with van der Waals surface area (Å²) < 4.78 is 33.7. The lowest BCUT2D eigenvalue weighted by Gasteiger charge is -2.35. The van der Waals surface area contributed by atoms with E-state index in [0.717, 1.165) is 12.1 Å². The Morgan fingerprint density at radius 2 is 1.60 bits per heavy atom. The maximum atomic E-state index is 13.9. The number of aryl methyl sites for hydroxylation is 1. The van der Waals surface area contributed by atoms with Crippen LogP contribution in [-0.4, -0.2) is 47.0 Å². The van der Waals surface area contributed by atoms with E-state index >= 15 is 0 Å². The summed E-state index contributed by atoms with van der Waals surface area (Å²) in [5, 5.41) is 0. The normalized spacial score (nSPS) is 14.0. The van der Waals surface area contributed by atoms with Gasteiger partial charge in [0.05, 0.1) is 0 Å². The van der Waals surface area contributed by atoms with Crippen molar-refractivity contribution >= 4 is 11.7 Å². The van der Waals surface area contributed by atoms with Crippen LogP contribution in [0.5, 0.6) is 11.6 Å². The molecule has 1 fully saturated rings. The molecular weight excluding hydrogens is 390 g/mol. The Labute approximate surface area is 172 Å². The number of para-hydroxylation sites is 1. The van der Waals surface area contributed by atoms with Gasteiger partial charge in [0.25, 0.3) is 5.91 Å². The van der Waals surface area contributed by atoms with Crippen LogP contribution in [0.2, 0.25) is 0 Å². The minimum absolute atomic E-state index is 0.324. The maximum absolute atomic E-state index is 13.9. The standard InChI is InChI=1S/C22H20F2N4O2/c1-15-25-19(14-20(26-15)30-16-6-3-2-4-7-16)27-10-12-28(13-11-27)22(29)21-17(23)8-5-9-18(21)24/h2-9,14H,10-13H2,1H3. The Morgan fingerprint density at radius 1 is 0.933 bits per heavy atom. The third-order valence-corrected chi connectivity index (χ3v) is 4.83. The molecule has 154 valence electrons. The third-order valence-electron chi connectivity index (χ3n) is 4.83. The molecule has 1 aliphatic heterocycles. The molecule has 2 aromatic carbocycles. The van der Waals surface area contributed by atoms with Gasteiger partial charge in [0.15, 0.2) is 0 Å². The molecule has 1 aromatic heterocycles. The van der Waals surface area contributed by atoms with Crippen LogP contribution in [0.3, 0.4) is 0 Å². The topological polar surface area (TPSA) is 58.6 Å². The van der Waals surface area contributed by atoms with Crippen LogP contribution in [0.15, 0.2) is 54.6 Å². The van der Waals surface area contributed by atoms with Gasteiger partial charge in [-0.3, -0.25) is 4.79 Å². The number of nitrogens with zero attached hydrogens (tertiary/aromatic N) is 4. The Kier molecular flexibility index (Phi) is 5.56. The summed E-state index contributed by atoms with van der Waals surface area (Å²) >= 11 is 0. The molecule has 0 N–H and O–H groups in total. The number of piperazine rings is 1. The molecule has 1 aliphatic rings. The molecule has 6 nitrogen and oxygen atoms in total. The van der Waals surface area contributed by atoms with E-state index in [4.69, 9.17) is 4.74 Å². The van der Waals surface area contributed by atoms with Crippen molar-refractivity contribution in [2.24, 2.45) is 0 Å². The van der Waals surface area contributed by atoms with Crippen LogP contribution in [-0.2, 0) is 0 Å². The number of aromatic nitrogens is 2. The van der Waals surface area contributed by atoms with E-state index in [1.54, 1.807) is 13.0 Å². The van der Waals surface area contributed by atoms with E-state index in [9.17, 15) is 13.6 Å². The summed E-state index contributed by atoms with van der Waals surface area (Å²) in [7, 11) is 0. The molecule has 0 saturated carbocycles. The predicted molar refractivity (Wildman–Crippen MR) is 108 cm³/mol. The molecule has 0 spiro atoms. The van der Waals surface area contributed by atoms with Crippen molar-refractivity contribution in [2.75, 3.05) is 31.1 Å². The highest BCUT2D eigenvalue weighted by atomic mass is 19.1. The van der Waals surface area contributed by atoms with Gasteiger partial charge in [-0.2, -0.15) is 4.98 Å². The average molecular weight is 410 g/mol. The minimum atomic E-state index is -0.850. The monoisotopic (exact) mass is 410 g/mol. The molecular formula is C22H20F2N4O2. The van der Waals surface area contributed by atoms with Crippen LogP contribution in [0.25, 0.3) is 0 Å². The lowest BCUT2D eigenvalue weighted by atomic mass is 10.1. The van der Waals surface area contributed by atoms with Crippen molar-refractivity contribution < 1.29 is 18.3 Å². The zero-order chi connectivity index (χ0) is 21.1. The van der Waals surface area contributed by atoms with Gasteiger partial charge in [0.2, 0.25) is 5.88 Å². The molecule has 0 aliphatic carbocycles. The largest absolute Gasteiger partial charge is 0.439 e. The second-order valence-corrected chi connectivity index (χ2v) is 6.90. The first kappa shape index (κ1) is 19.8. The van der Waals surface area contributed by atoms with Crippen molar-refractivity contribution in [3.63, 3.8) is 0 Å². The SMILES string of the molecule is Cc1nc(Oc2ccccc2)cc(N2CCN(C(=O)c3c(F)cccc3F)CC2)n1. The molecule has 2 heterocycles. The summed E-state index contributed by atoms with van der Waals surface area (Å²) in [6.45, 7) is 3.38. The van der Waals surface area contributed by atoms with E-state index in [1.165, 1.54) is 11.0 Å². The van der Waals surface area contributed by atoms with E-state index in [2.05, 4.69) is 9.97 Å². The van der Waals surface area contributed by atoms with Crippen molar-refractivity contribution in [2.45, 2.75) is 6.92 Å². The Hall–Kier alpha value is -3.55. The van der Waals surface area contributed by atoms with Gasteiger partial charge in [0.1, 0.15) is 34.6 Å². The van der Waals surface area contributed by atoms with Crippen LogP contribution in [0.1, 0.15) is 16.2 Å². The van der Waals surface area contributed by atoms with Crippen molar-refractivity contribution in [1.29, 1.82) is 0 Å². The van der Waals surface area contributed by atoms with Crippen LogP contribution < -0.4 is 9.64 Å². The van der Waals surface area contributed by atoms with Crippen LogP contribution >= 0.6 is 0 Å².